The highest BCUT2D eigenvalue weighted by Crippen LogP contribution is 2.56. The van der Waals surface area contributed by atoms with Crippen LogP contribution in [-0.2, 0) is 10.4 Å². The van der Waals surface area contributed by atoms with Crippen LogP contribution < -0.4 is 0 Å². The lowest BCUT2D eigenvalue weighted by atomic mass is 9.77. The van der Waals surface area contributed by atoms with Gasteiger partial charge >= 0.3 is 0 Å². The molecule has 1 fully saturated rings. The molecule has 0 amide bonds. The number of aliphatic hydroxyl groups is 1. The molecule has 0 saturated heterocycles. The number of nitro groups is 1. The standard InChI is InChI=1S/C23H28N2O4/c1-2-3-4-8-13-18-22(25(28)29)21(17-11-6-5-7-12-17)19(16-26)23(18,27)20-14-9-10-15-24-20/h5-7,9-12,14-16,18-19,21-22,27H,2-4,8,13H2,1H3/t18-,19+,21+,22+,23-/m0/s1. The van der Waals surface area contributed by atoms with Crippen molar-refractivity contribution in [1.82, 2.24) is 4.98 Å². The molecule has 5 atom stereocenters. The van der Waals surface area contributed by atoms with Gasteiger partial charge in [0.2, 0.25) is 6.04 Å². The summed E-state index contributed by atoms with van der Waals surface area (Å²) in [6.07, 6.45) is 6.53. The van der Waals surface area contributed by atoms with Gasteiger partial charge in [0.1, 0.15) is 11.9 Å². The van der Waals surface area contributed by atoms with Gasteiger partial charge in [-0.05, 0) is 24.1 Å². The number of benzene rings is 1. The molecule has 0 radical (unpaired) electrons. The number of nitrogens with zero attached hydrogens (tertiary/aromatic N) is 2. The van der Waals surface area contributed by atoms with Gasteiger partial charge < -0.3 is 9.90 Å². The van der Waals surface area contributed by atoms with E-state index in [4.69, 9.17) is 0 Å². The molecule has 1 aliphatic carbocycles. The van der Waals surface area contributed by atoms with Gasteiger partial charge in [0, 0.05) is 11.1 Å². The molecule has 0 bridgehead atoms. The maximum atomic E-state index is 12.3. The maximum Gasteiger partial charge on any atom is 0.226 e. The van der Waals surface area contributed by atoms with Crippen LogP contribution in [0, 0.1) is 22.0 Å². The number of pyridine rings is 1. The SMILES string of the molecule is CCCCCC[C@H]1[C@@H]([N+](=O)[O-])[C@H](c2ccccc2)[C@@H](C=O)[C@]1(O)c1ccccn1. The molecule has 1 N–H and O–H groups in total. The van der Waals surface area contributed by atoms with E-state index in [-0.39, 0.29) is 4.92 Å². The molecule has 1 heterocycles. The number of aldehydes is 1. The van der Waals surface area contributed by atoms with Crippen LogP contribution in [0.2, 0.25) is 0 Å². The monoisotopic (exact) mass is 396 g/mol. The van der Waals surface area contributed by atoms with E-state index in [2.05, 4.69) is 11.9 Å². The van der Waals surface area contributed by atoms with Crippen LogP contribution in [0.5, 0.6) is 0 Å². The van der Waals surface area contributed by atoms with Crippen LogP contribution in [0.1, 0.15) is 56.2 Å². The first-order valence-electron chi connectivity index (χ1n) is 10.3. The van der Waals surface area contributed by atoms with Gasteiger partial charge in [0.25, 0.3) is 0 Å². The van der Waals surface area contributed by atoms with Gasteiger partial charge in [-0.1, -0.05) is 69.0 Å². The molecule has 0 aliphatic heterocycles. The predicted octanol–water partition coefficient (Wildman–Crippen LogP) is 4.11. The highest BCUT2D eigenvalue weighted by atomic mass is 16.6. The zero-order chi connectivity index (χ0) is 20.9. The summed E-state index contributed by atoms with van der Waals surface area (Å²) in [6, 6.07) is 13.1. The summed E-state index contributed by atoms with van der Waals surface area (Å²) < 4.78 is 0. The van der Waals surface area contributed by atoms with Crippen molar-refractivity contribution in [2.24, 2.45) is 11.8 Å². The second kappa shape index (κ2) is 9.27. The van der Waals surface area contributed by atoms with Crippen molar-refractivity contribution >= 4 is 6.29 Å². The molecule has 2 aromatic rings. The quantitative estimate of drug-likeness (QED) is 0.298. The Morgan fingerprint density at radius 3 is 2.45 bits per heavy atom. The number of rotatable bonds is 9. The molecule has 1 aromatic carbocycles. The summed E-state index contributed by atoms with van der Waals surface area (Å²) >= 11 is 0. The molecule has 1 aromatic heterocycles. The van der Waals surface area contributed by atoms with Crippen molar-refractivity contribution in [1.29, 1.82) is 0 Å². The Hall–Kier alpha value is -2.60. The Labute approximate surface area is 171 Å². The van der Waals surface area contributed by atoms with E-state index >= 15 is 0 Å². The van der Waals surface area contributed by atoms with Gasteiger partial charge in [-0.2, -0.15) is 0 Å². The highest BCUT2D eigenvalue weighted by Gasteiger charge is 2.66. The molecule has 3 rings (SSSR count). The third-order valence-corrected chi connectivity index (χ3v) is 6.26. The van der Waals surface area contributed by atoms with E-state index < -0.39 is 29.4 Å². The predicted molar refractivity (Wildman–Crippen MR) is 110 cm³/mol. The van der Waals surface area contributed by atoms with E-state index in [0.717, 1.165) is 25.7 Å². The van der Waals surface area contributed by atoms with Crippen LogP contribution in [0.15, 0.2) is 54.7 Å². The fourth-order valence-electron chi connectivity index (χ4n) is 4.93. The molecule has 6 heteroatoms. The zero-order valence-electron chi connectivity index (χ0n) is 16.7. The van der Waals surface area contributed by atoms with Crippen LogP contribution in [-0.4, -0.2) is 27.3 Å². The van der Waals surface area contributed by atoms with Crippen LogP contribution in [0.4, 0.5) is 0 Å². The average molecular weight is 396 g/mol. The fraction of sp³-hybridized carbons (Fsp3) is 0.478. The van der Waals surface area contributed by atoms with Gasteiger partial charge in [-0.3, -0.25) is 15.1 Å². The molecular formula is C23H28N2O4. The number of aromatic nitrogens is 1. The Morgan fingerprint density at radius 2 is 1.86 bits per heavy atom. The lowest BCUT2D eigenvalue weighted by Crippen LogP contribution is -2.41. The summed E-state index contributed by atoms with van der Waals surface area (Å²) in [5.74, 6) is -2.33. The van der Waals surface area contributed by atoms with E-state index in [1.807, 2.05) is 18.2 Å². The Bertz CT molecular complexity index is 814. The minimum atomic E-state index is -1.67. The summed E-state index contributed by atoms with van der Waals surface area (Å²) in [5, 5.41) is 24.1. The lowest BCUT2D eigenvalue weighted by molar-refractivity contribution is -0.534. The van der Waals surface area contributed by atoms with E-state index in [0.29, 0.717) is 24.0 Å². The van der Waals surface area contributed by atoms with Crippen molar-refractivity contribution in [2.75, 3.05) is 0 Å². The molecule has 0 spiro atoms. The van der Waals surface area contributed by atoms with Crippen molar-refractivity contribution in [3.8, 4) is 0 Å². The fourth-order valence-corrected chi connectivity index (χ4v) is 4.93. The second-order valence-electron chi connectivity index (χ2n) is 7.87. The minimum absolute atomic E-state index is 0.306. The topological polar surface area (TPSA) is 93.3 Å². The minimum Gasteiger partial charge on any atom is -0.382 e. The van der Waals surface area contributed by atoms with E-state index in [1.54, 1.807) is 36.5 Å². The van der Waals surface area contributed by atoms with Gasteiger partial charge in [-0.15, -0.1) is 0 Å². The first-order chi connectivity index (χ1) is 14.1. The lowest BCUT2D eigenvalue weighted by Gasteiger charge is -2.32. The van der Waals surface area contributed by atoms with Crippen molar-refractivity contribution in [3.05, 3.63) is 76.1 Å². The average Bonchev–Trinajstić information content (AvgIpc) is 3.01. The van der Waals surface area contributed by atoms with Crippen LogP contribution in [0.25, 0.3) is 0 Å². The van der Waals surface area contributed by atoms with Crippen LogP contribution in [0.3, 0.4) is 0 Å². The zero-order valence-corrected chi connectivity index (χ0v) is 16.7. The summed E-state index contributed by atoms with van der Waals surface area (Å²) in [5.41, 5.74) is -0.632. The molecule has 154 valence electrons. The molecule has 0 unspecified atom stereocenters. The number of carbonyl (C=O) groups excluding carboxylic acids is 1. The Balaban J connectivity index is 2.11. The van der Waals surface area contributed by atoms with Crippen LogP contribution >= 0.6 is 0 Å². The van der Waals surface area contributed by atoms with Gasteiger partial charge in [0.05, 0.1) is 23.4 Å². The maximum absolute atomic E-state index is 12.3. The first-order valence-corrected chi connectivity index (χ1v) is 10.3. The Kier molecular flexibility index (Phi) is 6.75. The summed E-state index contributed by atoms with van der Waals surface area (Å²) in [4.78, 5) is 28.5. The number of unbranched alkanes of at least 4 members (excludes halogenated alkanes) is 3. The summed E-state index contributed by atoms with van der Waals surface area (Å²) in [6.45, 7) is 2.10. The second-order valence-corrected chi connectivity index (χ2v) is 7.87. The third kappa shape index (κ3) is 3.94. The summed E-state index contributed by atoms with van der Waals surface area (Å²) in [7, 11) is 0. The smallest absolute Gasteiger partial charge is 0.226 e. The third-order valence-electron chi connectivity index (χ3n) is 6.26. The largest absolute Gasteiger partial charge is 0.382 e. The molecule has 1 saturated carbocycles. The Morgan fingerprint density at radius 1 is 1.14 bits per heavy atom. The van der Waals surface area contributed by atoms with Crippen molar-refractivity contribution in [3.63, 3.8) is 0 Å². The first kappa shape index (κ1) is 21.1. The number of hydrogen-bond donors (Lipinski definition) is 1. The molecular weight excluding hydrogens is 368 g/mol. The van der Waals surface area contributed by atoms with Crippen molar-refractivity contribution < 1.29 is 14.8 Å². The molecule has 29 heavy (non-hydrogen) atoms. The highest BCUT2D eigenvalue weighted by molar-refractivity contribution is 5.61. The molecule has 1 aliphatic rings. The van der Waals surface area contributed by atoms with E-state index in [9.17, 15) is 20.0 Å². The van der Waals surface area contributed by atoms with E-state index in [1.165, 1.54) is 0 Å². The number of carbonyl (C=O) groups is 1. The molecule has 6 nitrogen and oxygen atoms in total. The van der Waals surface area contributed by atoms with Crippen molar-refractivity contribution in [2.45, 2.75) is 56.6 Å². The normalized spacial score (nSPS) is 28.9. The van der Waals surface area contributed by atoms with Gasteiger partial charge in [0.15, 0.2) is 0 Å². The van der Waals surface area contributed by atoms with Gasteiger partial charge in [-0.25, -0.2) is 0 Å². The number of hydrogen-bond acceptors (Lipinski definition) is 5.